The fraction of sp³-hybridized carbons (Fsp3) is 0.800. The Morgan fingerprint density at radius 1 is 1.53 bits per heavy atom. The summed E-state index contributed by atoms with van der Waals surface area (Å²) < 4.78 is 1.84. The second kappa shape index (κ2) is 4.99. The lowest BCUT2D eigenvalue weighted by Crippen LogP contribution is -2.29. The van der Waals surface area contributed by atoms with E-state index in [1.807, 2.05) is 23.5 Å². The van der Waals surface area contributed by atoms with Crippen LogP contribution in [0.5, 0.6) is 0 Å². The van der Waals surface area contributed by atoms with E-state index in [2.05, 4.69) is 10.1 Å². The molecule has 0 radical (unpaired) electrons. The molecule has 5 heteroatoms. The van der Waals surface area contributed by atoms with E-state index in [4.69, 9.17) is 5.73 Å². The Hall–Kier alpha value is -0.550. The number of nitrogens with zero attached hydrogens (tertiary/aromatic N) is 3. The Balaban J connectivity index is 2.00. The zero-order valence-electron chi connectivity index (χ0n) is 9.09. The van der Waals surface area contributed by atoms with Crippen LogP contribution in [-0.4, -0.2) is 26.6 Å². The molecule has 0 amide bonds. The maximum atomic E-state index is 5.80. The summed E-state index contributed by atoms with van der Waals surface area (Å²) in [5.41, 5.74) is 5.80. The number of hydrogen-bond acceptors (Lipinski definition) is 4. The SMILES string of the molecule is Cn1ncnc1SC1CCCCC1CN. The van der Waals surface area contributed by atoms with Crippen LogP contribution in [0.2, 0.25) is 0 Å². The summed E-state index contributed by atoms with van der Waals surface area (Å²) in [5.74, 6) is 0.653. The monoisotopic (exact) mass is 226 g/mol. The molecule has 1 aliphatic rings. The van der Waals surface area contributed by atoms with Gasteiger partial charge in [-0.3, -0.25) is 0 Å². The Kier molecular flexibility index (Phi) is 3.64. The van der Waals surface area contributed by atoms with Crippen LogP contribution >= 0.6 is 11.8 Å². The third kappa shape index (κ3) is 2.52. The molecular weight excluding hydrogens is 208 g/mol. The van der Waals surface area contributed by atoms with Crippen LogP contribution in [0.4, 0.5) is 0 Å². The first kappa shape index (κ1) is 11.0. The molecule has 0 bridgehead atoms. The number of rotatable bonds is 3. The standard InChI is InChI=1S/C10H18N4S/c1-14-10(12-7-13-14)15-9-5-3-2-4-8(9)6-11/h7-9H,2-6,11H2,1H3. The van der Waals surface area contributed by atoms with E-state index in [0.717, 1.165) is 11.7 Å². The first-order valence-electron chi connectivity index (χ1n) is 5.52. The highest BCUT2D eigenvalue weighted by molar-refractivity contribution is 7.99. The molecule has 0 aliphatic heterocycles. The van der Waals surface area contributed by atoms with Gasteiger partial charge in [-0.2, -0.15) is 5.10 Å². The van der Waals surface area contributed by atoms with Gasteiger partial charge in [0.1, 0.15) is 6.33 Å². The van der Waals surface area contributed by atoms with Crippen molar-refractivity contribution in [3.05, 3.63) is 6.33 Å². The van der Waals surface area contributed by atoms with Gasteiger partial charge in [-0.15, -0.1) is 0 Å². The lowest BCUT2D eigenvalue weighted by Gasteiger charge is -2.29. The van der Waals surface area contributed by atoms with Crippen LogP contribution in [-0.2, 0) is 7.05 Å². The number of thioether (sulfide) groups is 1. The van der Waals surface area contributed by atoms with Gasteiger partial charge in [-0.1, -0.05) is 24.6 Å². The van der Waals surface area contributed by atoms with E-state index in [9.17, 15) is 0 Å². The second-order valence-electron chi connectivity index (χ2n) is 4.10. The Bertz CT molecular complexity index is 312. The summed E-state index contributed by atoms with van der Waals surface area (Å²) in [5, 5.41) is 5.73. The van der Waals surface area contributed by atoms with Crippen LogP contribution in [0, 0.1) is 5.92 Å². The lowest BCUT2D eigenvalue weighted by molar-refractivity contribution is 0.377. The second-order valence-corrected chi connectivity index (χ2v) is 5.31. The molecule has 1 heterocycles. The molecule has 2 unspecified atom stereocenters. The van der Waals surface area contributed by atoms with Crippen molar-refractivity contribution in [1.82, 2.24) is 14.8 Å². The summed E-state index contributed by atoms with van der Waals surface area (Å²) >= 11 is 1.84. The first-order chi connectivity index (χ1) is 7.31. The Labute approximate surface area is 94.6 Å². The highest BCUT2D eigenvalue weighted by Crippen LogP contribution is 2.35. The molecule has 0 aromatic carbocycles. The van der Waals surface area contributed by atoms with Gasteiger partial charge in [0.15, 0.2) is 5.16 Å². The molecule has 1 saturated carbocycles. The zero-order valence-corrected chi connectivity index (χ0v) is 9.91. The number of nitrogens with two attached hydrogens (primary N) is 1. The van der Waals surface area contributed by atoms with E-state index in [-0.39, 0.29) is 0 Å². The minimum absolute atomic E-state index is 0.631. The van der Waals surface area contributed by atoms with Crippen molar-refractivity contribution in [3.8, 4) is 0 Å². The topological polar surface area (TPSA) is 56.7 Å². The van der Waals surface area contributed by atoms with Crippen molar-refractivity contribution in [3.63, 3.8) is 0 Å². The quantitative estimate of drug-likeness (QED) is 0.847. The summed E-state index contributed by atoms with van der Waals surface area (Å²) in [6.07, 6.45) is 6.80. The van der Waals surface area contributed by atoms with E-state index >= 15 is 0 Å². The summed E-state index contributed by atoms with van der Waals surface area (Å²) in [6.45, 7) is 0.801. The summed E-state index contributed by atoms with van der Waals surface area (Å²) in [6, 6.07) is 0. The van der Waals surface area contributed by atoms with Gasteiger partial charge in [-0.25, -0.2) is 9.67 Å². The number of hydrogen-bond donors (Lipinski definition) is 1. The van der Waals surface area contributed by atoms with Gasteiger partial charge in [0.05, 0.1) is 0 Å². The molecule has 4 nitrogen and oxygen atoms in total. The molecule has 84 valence electrons. The highest BCUT2D eigenvalue weighted by atomic mass is 32.2. The molecule has 2 atom stereocenters. The fourth-order valence-corrected chi connectivity index (χ4v) is 3.43. The predicted octanol–water partition coefficient (Wildman–Crippen LogP) is 1.42. The average molecular weight is 226 g/mol. The number of aromatic nitrogens is 3. The van der Waals surface area contributed by atoms with Crippen LogP contribution < -0.4 is 5.73 Å². The molecule has 1 aliphatic carbocycles. The molecule has 2 N–H and O–H groups in total. The van der Waals surface area contributed by atoms with Crippen LogP contribution in [0.1, 0.15) is 25.7 Å². The van der Waals surface area contributed by atoms with Crippen molar-refractivity contribution >= 4 is 11.8 Å². The van der Waals surface area contributed by atoms with Crippen molar-refractivity contribution in [2.24, 2.45) is 18.7 Å². The van der Waals surface area contributed by atoms with E-state index in [1.165, 1.54) is 25.7 Å². The molecule has 2 rings (SSSR count). The smallest absolute Gasteiger partial charge is 0.186 e. The number of aryl methyl sites for hydroxylation is 1. The predicted molar refractivity (Wildman–Crippen MR) is 61.7 cm³/mol. The Morgan fingerprint density at radius 2 is 2.33 bits per heavy atom. The van der Waals surface area contributed by atoms with Crippen LogP contribution in [0.25, 0.3) is 0 Å². The van der Waals surface area contributed by atoms with Gasteiger partial charge in [0.2, 0.25) is 0 Å². The van der Waals surface area contributed by atoms with Gasteiger partial charge in [0.25, 0.3) is 0 Å². The molecule has 0 spiro atoms. The molecule has 0 saturated heterocycles. The lowest BCUT2D eigenvalue weighted by atomic mass is 9.89. The van der Waals surface area contributed by atoms with Gasteiger partial charge >= 0.3 is 0 Å². The van der Waals surface area contributed by atoms with Crippen molar-refractivity contribution in [2.45, 2.75) is 36.1 Å². The largest absolute Gasteiger partial charge is 0.330 e. The first-order valence-corrected chi connectivity index (χ1v) is 6.40. The molecule has 15 heavy (non-hydrogen) atoms. The van der Waals surface area contributed by atoms with Gasteiger partial charge in [0, 0.05) is 12.3 Å². The van der Waals surface area contributed by atoms with Gasteiger partial charge in [-0.05, 0) is 25.3 Å². The maximum Gasteiger partial charge on any atom is 0.186 e. The van der Waals surface area contributed by atoms with Crippen molar-refractivity contribution < 1.29 is 0 Å². The summed E-state index contributed by atoms with van der Waals surface area (Å²) in [4.78, 5) is 4.25. The third-order valence-electron chi connectivity index (χ3n) is 3.07. The normalized spacial score (nSPS) is 26.8. The third-order valence-corrected chi connectivity index (χ3v) is 4.57. The molecule has 1 aromatic heterocycles. The van der Waals surface area contributed by atoms with Crippen LogP contribution in [0.3, 0.4) is 0 Å². The van der Waals surface area contributed by atoms with Gasteiger partial charge < -0.3 is 5.73 Å². The molecule has 1 fully saturated rings. The van der Waals surface area contributed by atoms with E-state index < -0.39 is 0 Å². The van der Waals surface area contributed by atoms with E-state index in [0.29, 0.717) is 11.2 Å². The molecule has 1 aromatic rings. The fourth-order valence-electron chi connectivity index (χ4n) is 2.13. The van der Waals surface area contributed by atoms with Crippen LogP contribution in [0.15, 0.2) is 11.5 Å². The average Bonchev–Trinajstić information content (AvgIpc) is 2.65. The molecular formula is C10H18N4S. The van der Waals surface area contributed by atoms with E-state index in [1.54, 1.807) is 6.33 Å². The van der Waals surface area contributed by atoms with Crippen molar-refractivity contribution in [2.75, 3.05) is 6.54 Å². The minimum Gasteiger partial charge on any atom is -0.330 e. The minimum atomic E-state index is 0.631. The summed E-state index contributed by atoms with van der Waals surface area (Å²) in [7, 11) is 1.94. The maximum absolute atomic E-state index is 5.80. The highest BCUT2D eigenvalue weighted by Gasteiger charge is 2.25. The Morgan fingerprint density at radius 3 is 3.00 bits per heavy atom. The van der Waals surface area contributed by atoms with Crippen molar-refractivity contribution in [1.29, 1.82) is 0 Å². The zero-order chi connectivity index (χ0) is 10.7.